The predicted octanol–water partition coefficient (Wildman–Crippen LogP) is 8.15. The molecule has 0 bridgehead atoms. The number of benzene rings is 3. The molecule has 0 saturated carbocycles. The van der Waals surface area contributed by atoms with Gasteiger partial charge in [-0.3, -0.25) is 14.5 Å². The molecule has 1 heterocycles. The van der Waals surface area contributed by atoms with Crippen molar-refractivity contribution in [1.82, 2.24) is 4.90 Å². The van der Waals surface area contributed by atoms with Crippen molar-refractivity contribution in [2.75, 3.05) is 6.61 Å². The number of halogens is 4. The van der Waals surface area contributed by atoms with Crippen molar-refractivity contribution in [2.45, 2.75) is 13.5 Å². The zero-order chi connectivity index (χ0) is 26.7. The molecule has 0 aliphatic carbocycles. The summed E-state index contributed by atoms with van der Waals surface area (Å²) in [5.74, 6) is -0.924. The van der Waals surface area contributed by atoms with Crippen molar-refractivity contribution in [1.29, 1.82) is 0 Å². The molecule has 1 aliphatic heterocycles. The van der Waals surface area contributed by atoms with E-state index in [2.05, 4.69) is 0 Å². The highest BCUT2D eigenvalue weighted by atomic mass is 35.5. The van der Waals surface area contributed by atoms with Crippen LogP contribution in [0.5, 0.6) is 11.5 Å². The average molecular weight is 597 g/mol. The van der Waals surface area contributed by atoms with Crippen molar-refractivity contribution in [3.05, 3.63) is 96.3 Å². The number of imide groups is 1. The minimum absolute atomic E-state index is 0.00134. The third-order valence-corrected chi connectivity index (χ3v) is 7.11. The summed E-state index contributed by atoms with van der Waals surface area (Å²) in [6, 6.07) is 14.2. The molecule has 11 heteroatoms. The minimum atomic E-state index is -0.667. The van der Waals surface area contributed by atoms with E-state index in [0.717, 1.165) is 16.7 Å². The first-order valence-corrected chi connectivity index (χ1v) is 13.1. The van der Waals surface area contributed by atoms with Gasteiger partial charge in [0.15, 0.2) is 11.5 Å². The predicted molar refractivity (Wildman–Crippen MR) is 147 cm³/mol. The molecule has 0 aromatic heterocycles. The monoisotopic (exact) mass is 595 g/mol. The lowest BCUT2D eigenvalue weighted by Gasteiger charge is -2.14. The van der Waals surface area contributed by atoms with E-state index in [9.17, 15) is 14.4 Å². The van der Waals surface area contributed by atoms with E-state index >= 15 is 0 Å². The van der Waals surface area contributed by atoms with Crippen LogP contribution in [0.25, 0.3) is 6.08 Å². The van der Waals surface area contributed by atoms with Crippen LogP contribution in [0, 0.1) is 0 Å². The van der Waals surface area contributed by atoms with Crippen LogP contribution in [0.3, 0.4) is 0 Å². The van der Waals surface area contributed by atoms with Crippen molar-refractivity contribution < 1.29 is 23.9 Å². The first kappa shape index (κ1) is 27.4. The molecular formula is C26H17Cl4NO5S. The number of rotatable bonds is 7. The van der Waals surface area contributed by atoms with Gasteiger partial charge in [-0.1, -0.05) is 58.5 Å². The Balaban J connectivity index is 1.59. The van der Waals surface area contributed by atoms with Gasteiger partial charge in [0.05, 0.1) is 28.6 Å². The number of hydrogen-bond donors (Lipinski definition) is 0. The van der Waals surface area contributed by atoms with Gasteiger partial charge < -0.3 is 9.47 Å². The number of esters is 1. The van der Waals surface area contributed by atoms with Crippen LogP contribution in [-0.4, -0.2) is 28.6 Å². The minimum Gasteiger partial charge on any atom is -0.490 e. The SMILES string of the molecule is CCOc1cc(/C=C2\SC(=O)N(Cc3ccc(Cl)cc3Cl)C2=O)cc(Cl)c1OC(=O)c1cccc(Cl)c1. The fourth-order valence-corrected chi connectivity index (χ4v) is 5.16. The molecular weight excluding hydrogens is 580 g/mol. The Morgan fingerprint density at radius 2 is 1.73 bits per heavy atom. The maximum Gasteiger partial charge on any atom is 0.343 e. The standard InChI is InChI=1S/C26H17Cl4NO5S/c1-2-35-21-9-14(8-20(30)23(21)36-25(33)15-4-3-5-17(27)11-15)10-22-24(32)31(26(34)37-22)13-16-6-7-18(28)12-19(16)29/h3-12H,2,13H2,1H3/b22-10-. The normalized spacial score (nSPS) is 14.4. The molecule has 37 heavy (non-hydrogen) atoms. The second-order valence-electron chi connectivity index (χ2n) is 7.67. The maximum absolute atomic E-state index is 13.0. The molecule has 190 valence electrons. The van der Waals surface area contributed by atoms with E-state index in [1.54, 1.807) is 49.4 Å². The summed E-state index contributed by atoms with van der Waals surface area (Å²) >= 11 is 25.3. The zero-order valence-corrected chi connectivity index (χ0v) is 22.9. The molecule has 3 aromatic rings. The largest absolute Gasteiger partial charge is 0.490 e. The fraction of sp³-hybridized carbons (Fsp3) is 0.115. The summed E-state index contributed by atoms with van der Waals surface area (Å²) in [6.45, 7) is 2.03. The third kappa shape index (κ3) is 6.43. The number of nitrogens with zero attached hydrogens (tertiary/aromatic N) is 1. The third-order valence-electron chi connectivity index (χ3n) is 5.10. The first-order valence-electron chi connectivity index (χ1n) is 10.8. The molecule has 1 fully saturated rings. The number of thioether (sulfide) groups is 1. The van der Waals surface area contributed by atoms with Gasteiger partial charge in [0, 0.05) is 15.1 Å². The molecule has 0 N–H and O–H groups in total. The lowest BCUT2D eigenvalue weighted by molar-refractivity contribution is -0.123. The summed E-state index contributed by atoms with van der Waals surface area (Å²) in [5, 5.41) is 0.830. The highest BCUT2D eigenvalue weighted by Gasteiger charge is 2.35. The van der Waals surface area contributed by atoms with E-state index in [-0.39, 0.29) is 40.1 Å². The van der Waals surface area contributed by atoms with Crippen molar-refractivity contribution in [3.63, 3.8) is 0 Å². The number of carbonyl (C=O) groups excluding carboxylic acids is 3. The molecule has 1 saturated heterocycles. The molecule has 0 spiro atoms. The smallest absolute Gasteiger partial charge is 0.343 e. The number of amides is 2. The van der Waals surface area contributed by atoms with Gasteiger partial charge in [0.2, 0.25) is 0 Å². The Morgan fingerprint density at radius 3 is 2.43 bits per heavy atom. The number of hydrogen-bond acceptors (Lipinski definition) is 6. The van der Waals surface area contributed by atoms with E-state index in [1.165, 1.54) is 18.2 Å². The molecule has 6 nitrogen and oxygen atoms in total. The van der Waals surface area contributed by atoms with Gasteiger partial charge in [-0.05, 0) is 78.4 Å². The van der Waals surface area contributed by atoms with Crippen LogP contribution in [0.4, 0.5) is 4.79 Å². The van der Waals surface area contributed by atoms with Crippen molar-refractivity contribution in [2.24, 2.45) is 0 Å². The van der Waals surface area contributed by atoms with Crippen molar-refractivity contribution >= 4 is 81.4 Å². The zero-order valence-electron chi connectivity index (χ0n) is 19.1. The highest BCUT2D eigenvalue weighted by molar-refractivity contribution is 8.18. The number of carbonyl (C=O) groups is 3. The van der Waals surface area contributed by atoms with Crippen LogP contribution in [0.1, 0.15) is 28.4 Å². The Hall–Kier alpha value is -2.68. The quantitative estimate of drug-likeness (QED) is 0.156. The Morgan fingerprint density at radius 1 is 0.973 bits per heavy atom. The maximum atomic E-state index is 13.0. The molecule has 0 atom stereocenters. The average Bonchev–Trinajstić information content (AvgIpc) is 3.10. The Bertz CT molecular complexity index is 1440. The summed E-state index contributed by atoms with van der Waals surface area (Å²) in [5.41, 5.74) is 1.30. The molecule has 2 amide bonds. The van der Waals surface area contributed by atoms with E-state index in [4.69, 9.17) is 55.9 Å². The Labute approximate surface area is 237 Å². The second kappa shape index (κ2) is 11.8. The lowest BCUT2D eigenvalue weighted by atomic mass is 10.1. The van der Waals surface area contributed by atoms with E-state index < -0.39 is 17.1 Å². The summed E-state index contributed by atoms with van der Waals surface area (Å²) < 4.78 is 11.1. The Kier molecular flexibility index (Phi) is 8.72. The van der Waals surface area contributed by atoms with Crippen LogP contribution in [0.15, 0.2) is 59.5 Å². The summed E-state index contributed by atoms with van der Waals surface area (Å²) in [4.78, 5) is 39.5. The fourth-order valence-electron chi connectivity index (χ4n) is 3.41. The van der Waals surface area contributed by atoms with Gasteiger partial charge in [0.25, 0.3) is 11.1 Å². The molecule has 3 aromatic carbocycles. The van der Waals surface area contributed by atoms with E-state index in [0.29, 0.717) is 26.2 Å². The van der Waals surface area contributed by atoms with Gasteiger partial charge in [-0.25, -0.2) is 4.79 Å². The lowest BCUT2D eigenvalue weighted by Crippen LogP contribution is -2.27. The molecule has 0 unspecified atom stereocenters. The van der Waals surface area contributed by atoms with Gasteiger partial charge in [0.1, 0.15) is 0 Å². The second-order valence-corrected chi connectivity index (χ2v) is 10.3. The van der Waals surface area contributed by atoms with Crippen molar-refractivity contribution in [3.8, 4) is 11.5 Å². The van der Waals surface area contributed by atoms with Gasteiger partial charge in [-0.2, -0.15) is 0 Å². The topological polar surface area (TPSA) is 72.9 Å². The highest BCUT2D eigenvalue weighted by Crippen LogP contribution is 2.40. The van der Waals surface area contributed by atoms with Crippen LogP contribution >= 0.6 is 58.2 Å². The van der Waals surface area contributed by atoms with Crippen LogP contribution in [-0.2, 0) is 11.3 Å². The number of ether oxygens (including phenoxy) is 2. The summed E-state index contributed by atoms with van der Waals surface area (Å²) in [6.07, 6.45) is 1.52. The van der Waals surface area contributed by atoms with Gasteiger partial charge in [-0.15, -0.1) is 0 Å². The first-order chi connectivity index (χ1) is 17.7. The molecule has 1 aliphatic rings. The van der Waals surface area contributed by atoms with Gasteiger partial charge >= 0.3 is 5.97 Å². The molecule has 4 rings (SSSR count). The molecule has 0 radical (unpaired) electrons. The van der Waals surface area contributed by atoms with Crippen LogP contribution in [0.2, 0.25) is 20.1 Å². The van der Waals surface area contributed by atoms with Crippen LogP contribution < -0.4 is 9.47 Å². The van der Waals surface area contributed by atoms with E-state index in [1.807, 2.05) is 0 Å². The summed E-state index contributed by atoms with van der Waals surface area (Å²) in [7, 11) is 0.